The van der Waals surface area contributed by atoms with Crippen molar-refractivity contribution in [2.75, 3.05) is 18.5 Å². The second-order valence-electron chi connectivity index (χ2n) is 4.47. The molecule has 1 aliphatic heterocycles. The Kier molecular flexibility index (Phi) is 4.14. The molecule has 2 rings (SSSR count). The monoisotopic (exact) mass is 237 g/mol. The molecule has 1 fully saturated rings. The maximum absolute atomic E-state index is 5.52. The first kappa shape index (κ1) is 12.1. The Bertz CT molecular complexity index is 351. The summed E-state index contributed by atoms with van der Waals surface area (Å²) in [6, 6.07) is 2.17. The van der Waals surface area contributed by atoms with Gasteiger partial charge in [0.2, 0.25) is 5.88 Å². The van der Waals surface area contributed by atoms with Gasteiger partial charge in [-0.1, -0.05) is 0 Å². The van der Waals surface area contributed by atoms with Gasteiger partial charge >= 0.3 is 0 Å². The Labute approximate surface area is 102 Å². The molecule has 0 aromatic carbocycles. The molecule has 1 unspecified atom stereocenters. The quantitative estimate of drug-likeness (QED) is 0.866. The highest BCUT2D eigenvalue weighted by Gasteiger charge is 2.14. The molecule has 1 saturated heterocycles. The van der Waals surface area contributed by atoms with Crippen molar-refractivity contribution in [1.29, 1.82) is 0 Å². The van der Waals surface area contributed by atoms with E-state index in [0.717, 1.165) is 31.9 Å². The summed E-state index contributed by atoms with van der Waals surface area (Å²) in [5, 5.41) is 3.34. The van der Waals surface area contributed by atoms with Gasteiger partial charge in [-0.3, -0.25) is 0 Å². The molecule has 17 heavy (non-hydrogen) atoms. The van der Waals surface area contributed by atoms with E-state index in [9.17, 15) is 0 Å². The summed E-state index contributed by atoms with van der Waals surface area (Å²) < 4.78 is 10.9. The Balaban J connectivity index is 1.95. The second kappa shape index (κ2) is 5.82. The molecule has 0 radical (unpaired) electrons. The minimum atomic E-state index is 0.121. The van der Waals surface area contributed by atoms with E-state index in [1.165, 1.54) is 6.33 Å². The van der Waals surface area contributed by atoms with Crippen LogP contribution in [0, 0.1) is 0 Å². The predicted molar refractivity (Wildman–Crippen MR) is 65.3 cm³/mol. The Hall–Kier alpha value is -1.36. The van der Waals surface area contributed by atoms with Gasteiger partial charge in [0.25, 0.3) is 0 Å². The van der Waals surface area contributed by atoms with Crippen molar-refractivity contribution >= 4 is 5.82 Å². The molecule has 1 atom stereocenters. The lowest BCUT2D eigenvalue weighted by molar-refractivity contribution is 0.0875. The SMILES string of the molecule is CC(C)Oc1cc(NC2CCCOC2)ncn1. The third-order valence-corrected chi connectivity index (χ3v) is 2.51. The van der Waals surface area contributed by atoms with E-state index >= 15 is 0 Å². The maximum atomic E-state index is 5.52. The van der Waals surface area contributed by atoms with Crippen LogP contribution in [0.4, 0.5) is 5.82 Å². The van der Waals surface area contributed by atoms with Crippen LogP contribution >= 0.6 is 0 Å². The predicted octanol–water partition coefficient (Wildman–Crippen LogP) is 1.85. The summed E-state index contributed by atoms with van der Waals surface area (Å²) >= 11 is 0. The van der Waals surface area contributed by atoms with E-state index in [2.05, 4.69) is 15.3 Å². The number of ether oxygens (including phenoxy) is 2. The molecule has 5 heteroatoms. The molecule has 2 heterocycles. The average Bonchev–Trinajstić information content (AvgIpc) is 2.30. The molecule has 0 saturated carbocycles. The summed E-state index contributed by atoms with van der Waals surface area (Å²) in [6.45, 7) is 5.56. The van der Waals surface area contributed by atoms with Crippen LogP contribution in [0.3, 0.4) is 0 Å². The van der Waals surface area contributed by atoms with Crippen molar-refractivity contribution in [1.82, 2.24) is 9.97 Å². The molecule has 1 aromatic heterocycles. The fourth-order valence-corrected chi connectivity index (χ4v) is 1.79. The maximum Gasteiger partial charge on any atom is 0.218 e. The topological polar surface area (TPSA) is 56.3 Å². The molecular weight excluding hydrogens is 218 g/mol. The van der Waals surface area contributed by atoms with Gasteiger partial charge in [-0.25, -0.2) is 9.97 Å². The van der Waals surface area contributed by atoms with Crippen LogP contribution in [0.15, 0.2) is 12.4 Å². The minimum absolute atomic E-state index is 0.121. The van der Waals surface area contributed by atoms with Crippen molar-refractivity contribution in [3.05, 3.63) is 12.4 Å². The lowest BCUT2D eigenvalue weighted by Gasteiger charge is -2.23. The Morgan fingerprint density at radius 2 is 2.35 bits per heavy atom. The largest absolute Gasteiger partial charge is 0.475 e. The van der Waals surface area contributed by atoms with Gasteiger partial charge in [-0.05, 0) is 26.7 Å². The van der Waals surface area contributed by atoms with Crippen molar-refractivity contribution in [2.45, 2.75) is 38.8 Å². The van der Waals surface area contributed by atoms with Gasteiger partial charge in [0.05, 0.1) is 18.8 Å². The lowest BCUT2D eigenvalue weighted by Crippen LogP contribution is -2.30. The van der Waals surface area contributed by atoms with Crippen LogP contribution in [-0.4, -0.2) is 35.3 Å². The van der Waals surface area contributed by atoms with Gasteiger partial charge in [-0.2, -0.15) is 0 Å². The van der Waals surface area contributed by atoms with E-state index in [1.54, 1.807) is 0 Å². The van der Waals surface area contributed by atoms with Crippen LogP contribution < -0.4 is 10.1 Å². The van der Waals surface area contributed by atoms with Crippen molar-refractivity contribution in [3.8, 4) is 5.88 Å². The fraction of sp³-hybridized carbons (Fsp3) is 0.667. The zero-order valence-corrected chi connectivity index (χ0v) is 10.3. The van der Waals surface area contributed by atoms with E-state index in [-0.39, 0.29) is 6.10 Å². The molecule has 5 nitrogen and oxygen atoms in total. The van der Waals surface area contributed by atoms with Crippen molar-refractivity contribution < 1.29 is 9.47 Å². The molecule has 94 valence electrons. The molecule has 0 amide bonds. The highest BCUT2D eigenvalue weighted by molar-refractivity contribution is 5.38. The number of rotatable bonds is 4. The zero-order chi connectivity index (χ0) is 12.1. The summed E-state index contributed by atoms with van der Waals surface area (Å²) in [6.07, 6.45) is 3.85. The van der Waals surface area contributed by atoms with Crippen LogP contribution in [0.25, 0.3) is 0 Å². The highest BCUT2D eigenvalue weighted by atomic mass is 16.5. The number of nitrogens with zero attached hydrogens (tertiary/aromatic N) is 2. The minimum Gasteiger partial charge on any atom is -0.475 e. The van der Waals surface area contributed by atoms with E-state index < -0.39 is 0 Å². The van der Waals surface area contributed by atoms with Crippen molar-refractivity contribution in [2.24, 2.45) is 0 Å². The smallest absolute Gasteiger partial charge is 0.218 e. The summed E-state index contributed by atoms with van der Waals surface area (Å²) in [5.74, 6) is 1.40. The number of aromatic nitrogens is 2. The Morgan fingerprint density at radius 1 is 1.47 bits per heavy atom. The van der Waals surface area contributed by atoms with Crippen LogP contribution in [0.5, 0.6) is 5.88 Å². The molecule has 0 spiro atoms. The first-order chi connectivity index (χ1) is 8.24. The van der Waals surface area contributed by atoms with E-state index in [0.29, 0.717) is 11.9 Å². The van der Waals surface area contributed by atoms with Crippen molar-refractivity contribution in [3.63, 3.8) is 0 Å². The molecule has 0 aliphatic carbocycles. The number of anilines is 1. The third-order valence-electron chi connectivity index (χ3n) is 2.51. The lowest BCUT2D eigenvalue weighted by atomic mass is 10.1. The fourth-order valence-electron chi connectivity index (χ4n) is 1.79. The summed E-state index contributed by atoms with van der Waals surface area (Å²) in [4.78, 5) is 8.25. The van der Waals surface area contributed by atoms with E-state index in [4.69, 9.17) is 9.47 Å². The van der Waals surface area contributed by atoms with Crippen LogP contribution in [0.2, 0.25) is 0 Å². The normalized spacial score (nSPS) is 20.3. The molecule has 1 aromatic rings. The van der Waals surface area contributed by atoms with Gasteiger partial charge in [0.1, 0.15) is 12.1 Å². The van der Waals surface area contributed by atoms with Gasteiger partial charge in [0, 0.05) is 12.7 Å². The second-order valence-corrected chi connectivity index (χ2v) is 4.47. The van der Waals surface area contributed by atoms with Gasteiger partial charge in [-0.15, -0.1) is 0 Å². The first-order valence-corrected chi connectivity index (χ1v) is 6.07. The standard InChI is InChI=1S/C12H19N3O2/c1-9(2)17-12-6-11(13-8-14-12)15-10-4-3-5-16-7-10/h6,8-10H,3-5,7H2,1-2H3,(H,13,14,15). The first-order valence-electron chi connectivity index (χ1n) is 6.07. The number of nitrogens with one attached hydrogen (secondary N) is 1. The summed E-state index contributed by atoms with van der Waals surface area (Å²) in [5.41, 5.74) is 0. The summed E-state index contributed by atoms with van der Waals surface area (Å²) in [7, 11) is 0. The highest BCUT2D eigenvalue weighted by Crippen LogP contribution is 2.16. The van der Waals surface area contributed by atoms with Crippen LogP contribution in [-0.2, 0) is 4.74 Å². The molecule has 1 N–H and O–H groups in total. The zero-order valence-electron chi connectivity index (χ0n) is 10.3. The average molecular weight is 237 g/mol. The van der Waals surface area contributed by atoms with Gasteiger partial charge < -0.3 is 14.8 Å². The molecular formula is C12H19N3O2. The van der Waals surface area contributed by atoms with Crippen LogP contribution in [0.1, 0.15) is 26.7 Å². The molecule has 0 bridgehead atoms. The van der Waals surface area contributed by atoms with E-state index in [1.807, 2.05) is 19.9 Å². The third kappa shape index (κ3) is 3.85. The molecule has 1 aliphatic rings. The van der Waals surface area contributed by atoms with Gasteiger partial charge in [0.15, 0.2) is 0 Å². The number of hydrogen-bond acceptors (Lipinski definition) is 5. The number of hydrogen-bond donors (Lipinski definition) is 1. The Morgan fingerprint density at radius 3 is 3.06 bits per heavy atom.